The summed E-state index contributed by atoms with van der Waals surface area (Å²) >= 11 is 0. The lowest BCUT2D eigenvalue weighted by Gasteiger charge is -2.16. The van der Waals surface area contributed by atoms with E-state index in [0.717, 1.165) is 24.5 Å². The monoisotopic (exact) mass is 249 g/mol. The van der Waals surface area contributed by atoms with E-state index in [2.05, 4.69) is 9.97 Å². The number of likely N-dealkylation sites (tertiary alicyclic amines) is 1. The first kappa shape index (κ1) is 13.0. The maximum atomic E-state index is 11.8. The van der Waals surface area contributed by atoms with E-state index < -0.39 is 0 Å². The summed E-state index contributed by atoms with van der Waals surface area (Å²) in [7, 11) is 0. The van der Waals surface area contributed by atoms with Crippen molar-refractivity contribution in [3.63, 3.8) is 0 Å². The predicted molar refractivity (Wildman–Crippen MR) is 67.2 cm³/mol. The zero-order valence-corrected chi connectivity index (χ0v) is 10.9. The number of carbonyl (C=O) groups excluding carboxylic acids is 1. The third-order valence-electron chi connectivity index (χ3n) is 3.15. The molecule has 0 radical (unpaired) electrons. The largest absolute Gasteiger partial charge is 0.372 e. The van der Waals surface area contributed by atoms with E-state index in [1.807, 2.05) is 24.8 Å². The Hall–Kier alpha value is -1.49. The maximum absolute atomic E-state index is 11.8. The van der Waals surface area contributed by atoms with Crippen LogP contribution in [0.15, 0.2) is 12.3 Å². The Labute approximate surface area is 107 Å². The molecule has 1 aromatic rings. The third-order valence-corrected chi connectivity index (χ3v) is 3.15. The highest BCUT2D eigenvalue weighted by Gasteiger charge is 2.28. The zero-order valence-electron chi connectivity index (χ0n) is 10.9. The van der Waals surface area contributed by atoms with Crippen LogP contribution < -0.4 is 0 Å². The summed E-state index contributed by atoms with van der Waals surface area (Å²) < 4.78 is 5.15. The van der Waals surface area contributed by atoms with E-state index in [0.29, 0.717) is 13.2 Å². The van der Waals surface area contributed by atoms with Gasteiger partial charge in [0.15, 0.2) is 0 Å². The quantitative estimate of drug-likeness (QED) is 0.803. The highest BCUT2D eigenvalue weighted by Crippen LogP contribution is 2.24. The lowest BCUT2D eigenvalue weighted by Crippen LogP contribution is -2.32. The molecule has 0 saturated carbocycles. The number of nitrogens with zero attached hydrogens (tertiary/aromatic N) is 3. The van der Waals surface area contributed by atoms with E-state index in [9.17, 15) is 4.79 Å². The predicted octanol–water partition coefficient (Wildman–Crippen LogP) is 1.14. The summed E-state index contributed by atoms with van der Waals surface area (Å²) in [5.41, 5.74) is 0.971. The summed E-state index contributed by atoms with van der Waals surface area (Å²) in [5, 5.41) is 0. The Morgan fingerprint density at radius 3 is 3.17 bits per heavy atom. The van der Waals surface area contributed by atoms with Gasteiger partial charge in [-0.3, -0.25) is 4.79 Å². The Balaban J connectivity index is 1.94. The summed E-state index contributed by atoms with van der Waals surface area (Å²) in [5.74, 6) is 1.17. The molecule has 1 saturated heterocycles. The van der Waals surface area contributed by atoms with Crippen molar-refractivity contribution < 1.29 is 9.53 Å². The van der Waals surface area contributed by atoms with Crippen LogP contribution in [0.4, 0.5) is 0 Å². The lowest BCUT2D eigenvalue weighted by atomic mass is 10.1. The smallest absolute Gasteiger partial charge is 0.248 e. The van der Waals surface area contributed by atoms with Crippen molar-refractivity contribution in [2.75, 3.05) is 26.3 Å². The van der Waals surface area contributed by atoms with Gasteiger partial charge in [-0.1, -0.05) is 0 Å². The standard InChI is InChI=1S/C13H19N3O2/c1-3-18-9-12(17)16-7-5-11(8-16)13-14-6-4-10(2)15-13/h4,6,11H,3,5,7-9H2,1-2H3. The summed E-state index contributed by atoms with van der Waals surface area (Å²) in [6.07, 6.45) is 2.71. The van der Waals surface area contributed by atoms with Crippen LogP contribution in [-0.2, 0) is 9.53 Å². The second-order valence-corrected chi connectivity index (χ2v) is 4.52. The van der Waals surface area contributed by atoms with Gasteiger partial charge in [-0.15, -0.1) is 0 Å². The van der Waals surface area contributed by atoms with Gasteiger partial charge in [0.1, 0.15) is 12.4 Å². The number of aryl methyl sites for hydroxylation is 1. The Morgan fingerprint density at radius 2 is 2.44 bits per heavy atom. The van der Waals surface area contributed by atoms with E-state index >= 15 is 0 Å². The highest BCUT2D eigenvalue weighted by atomic mass is 16.5. The van der Waals surface area contributed by atoms with Crippen LogP contribution >= 0.6 is 0 Å². The third kappa shape index (κ3) is 3.04. The van der Waals surface area contributed by atoms with Crippen molar-refractivity contribution >= 4 is 5.91 Å². The van der Waals surface area contributed by atoms with E-state index in [1.165, 1.54) is 0 Å². The summed E-state index contributed by atoms with van der Waals surface area (Å²) in [6.45, 7) is 6.07. The molecule has 0 spiro atoms. The second-order valence-electron chi connectivity index (χ2n) is 4.52. The fourth-order valence-corrected chi connectivity index (χ4v) is 2.14. The highest BCUT2D eigenvalue weighted by molar-refractivity contribution is 5.77. The average molecular weight is 249 g/mol. The van der Waals surface area contributed by atoms with Gasteiger partial charge in [-0.2, -0.15) is 0 Å². The molecule has 1 aliphatic heterocycles. The number of aromatic nitrogens is 2. The first-order valence-corrected chi connectivity index (χ1v) is 6.35. The molecule has 5 nitrogen and oxygen atoms in total. The van der Waals surface area contributed by atoms with Crippen LogP contribution in [0.2, 0.25) is 0 Å². The number of hydrogen-bond acceptors (Lipinski definition) is 4. The van der Waals surface area contributed by atoms with Crippen LogP contribution in [0.5, 0.6) is 0 Å². The van der Waals surface area contributed by atoms with Gasteiger partial charge in [0.25, 0.3) is 0 Å². The minimum atomic E-state index is 0.0620. The molecule has 0 aromatic carbocycles. The molecule has 1 aromatic heterocycles. The zero-order chi connectivity index (χ0) is 13.0. The lowest BCUT2D eigenvalue weighted by molar-refractivity contribution is -0.134. The molecule has 1 aliphatic rings. The van der Waals surface area contributed by atoms with Gasteiger partial charge in [0.2, 0.25) is 5.91 Å². The van der Waals surface area contributed by atoms with Gasteiger partial charge >= 0.3 is 0 Å². The van der Waals surface area contributed by atoms with Gasteiger partial charge in [0.05, 0.1) is 0 Å². The van der Waals surface area contributed by atoms with Crippen LogP contribution in [0, 0.1) is 6.92 Å². The fourth-order valence-electron chi connectivity index (χ4n) is 2.14. The average Bonchev–Trinajstić information content (AvgIpc) is 2.85. The molecule has 2 rings (SSSR count). The Bertz CT molecular complexity index is 422. The van der Waals surface area contributed by atoms with Crippen molar-refractivity contribution in [1.29, 1.82) is 0 Å². The van der Waals surface area contributed by atoms with E-state index in [4.69, 9.17) is 4.74 Å². The van der Waals surface area contributed by atoms with Gasteiger partial charge < -0.3 is 9.64 Å². The first-order valence-electron chi connectivity index (χ1n) is 6.35. The van der Waals surface area contributed by atoms with E-state index in [-0.39, 0.29) is 18.4 Å². The number of ether oxygens (including phenoxy) is 1. The van der Waals surface area contributed by atoms with Crippen molar-refractivity contribution in [1.82, 2.24) is 14.9 Å². The molecular weight excluding hydrogens is 230 g/mol. The summed E-state index contributed by atoms with van der Waals surface area (Å²) in [4.78, 5) is 22.4. The number of carbonyl (C=O) groups is 1. The topological polar surface area (TPSA) is 55.3 Å². The van der Waals surface area contributed by atoms with Gasteiger partial charge in [-0.25, -0.2) is 9.97 Å². The van der Waals surface area contributed by atoms with Crippen molar-refractivity contribution in [3.8, 4) is 0 Å². The van der Waals surface area contributed by atoms with Crippen LogP contribution in [-0.4, -0.2) is 47.1 Å². The van der Waals surface area contributed by atoms with E-state index in [1.54, 1.807) is 6.20 Å². The molecule has 1 fully saturated rings. The molecular formula is C13H19N3O2. The van der Waals surface area contributed by atoms with Crippen molar-refractivity contribution in [2.45, 2.75) is 26.2 Å². The molecule has 1 unspecified atom stereocenters. The maximum Gasteiger partial charge on any atom is 0.248 e. The van der Waals surface area contributed by atoms with Crippen molar-refractivity contribution in [3.05, 3.63) is 23.8 Å². The van der Waals surface area contributed by atoms with Crippen molar-refractivity contribution in [2.24, 2.45) is 0 Å². The van der Waals surface area contributed by atoms with Crippen LogP contribution in [0.25, 0.3) is 0 Å². The molecule has 0 bridgehead atoms. The number of hydrogen-bond donors (Lipinski definition) is 0. The fraction of sp³-hybridized carbons (Fsp3) is 0.615. The number of rotatable bonds is 4. The van der Waals surface area contributed by atoms with Crippen LogP contribution in [0.1, 0.15) is 30.8 Å². The molecule has 0 N–H and O–H groups in total. The first-order chi connectivity index (χ1) is 8.70. The Morgan fingerprint density at radius 1 is 1.61 bits per heavy atom. The molecule has 1 atom stereocenters. The van der Waals surface area contributed by atoms with Gasteiger partial charge in [-0.05, 0) is 26.3 Å². The molecule has 1 amide bonds. The second kappa shape index (κ2) is 5.91. The molecule has 5 heteroatoms. The number of amides is 1. The molecule has 0 aliphatic carbocycles. The van der Waals surface area contributed by atoms with Crippen LogP contribution in [0.3, 0.4) is 0 Å². The minimum absolute atomic E-state index is 0.0620. The summed E-state index contributed by atoms with van der Waals surface area (Å²) in [6, 6.07) is 1.89. The Kier molecular flexibility index (Phi) is 4.25. The minimum Gasteiger partial charge on any atom is -0.372 e. The molecule has 98 valence electrons. The van der Waals surface area contributed by atoms with Gasteiger partial charge in [0, 0.05) is 37.5 Å². The molecule has 18 heavy (non-hydrogen) atoms. The SMILES string of the molecule is CCOCC(=O)N1CCC(c2nccc(C)n2)C1. The normalized spacial score (nSPS) is 19.2. The molecule has 2 heterocycles.